The van der Waals surface area contributed by atoms with Gasteiger partial charge in [0.25, 0.3) is 6.43 Å². The van der Waals surface area contributed by atoms with Gasteiger partial charge in [-0.05, 0) is 16.7 Å². The van der Waals surface area contributed by atoms with Crippen molar-refractivity contribution >= 4 is 11.8 Å². The van der Waals surface area contributed by atoms with Crippen LogP contribution in [0.2, 0.25) is 0 Å². The Morgan fingerprint density at radius 2 is 1.92 bits per heavy atom. The first-order valence-electron chi connectivity index (χ1n) is 3.73. The Bertz CT molecular complexity index is 298. The average Bonchev–Trinajstić information content (AvgIpc) is 2.14. The van der Waals surface area contributed by atoms with Crippen LogP contribution < -0.4 is 0 Å². The molecule has 0 unspecified atom stereocenters. The van der Waals surface area contributed by atoms with Gasteiger partial charge in [0.1, 0.15) is 0 Å². The summed E-state index contributed by atoms with van der Waals surface area (Å²) in [5, 5.41) is 2.35. The summed E-state index contributed by atoms with van der Waals surface area (Å²) in [5.41, 5.74) is 1.09. The van der Waals surface area contributed by atoms with Gasteiger partial charge in [-0.1, -0.05) is 42.1 Å². The molecule has 0 nitrogen and oxygen atoms in total. The third kappa shape index (κ3) is 4.54. The average molecular weight is 198 g/mol. The van der Waals surface area contributed by atoms with E-state index < -0.39 is 6.43 Å². The lowest BCUT2D eigenvalue weighted by atomic mass is 10.2. The van der Waals surface area contributed by atoms with Crippen LogP contribution in [0.4, 0.5) is 8.78 Å². The minimum Gasteiger partial charge on any atom is -0.196 e. The summed E-state index contributed by atoms with van der Waals surface area (Å²) in [6.07, 6.45) is -2.52. The topological polar surface area (TPSA) is 0 Å². The van der Waals surface area contributed by atoms with E-state index in [0.29, 0.717) is 5.75 Å². The Kier molecular flexibility index (Phi) is 4.34. The molecule has 0 aliphatic rings. The molecule has 0 radical (unpaired) electrons. The van der Waals surface area contributed by atoms with Gasteiger partial charge in [0.15, 0.2) is 0 Å². The molecular formula is C10H8F2S. The molecule has 68 valence electrons. The molecule has 0 fully saturated rings. The molecule has 0 N–H and O–H groups in total. The van der Waals surface area contributed by atoms with E-state index in [1.165, 1.54) is 11.8 Å². The lowest BCUT2D eigenvalue weighted by Gasteiger charge is -1.93. The van der Waals surface area contributed by atoms with Crippen LogP contribution in [0.25, 0.3) is 0 Å². The molecular weight excluding hydrogens is 190 g/mol. The first-order chi connectivity index (χ1) is 6.29. The second-order valence-corrected chi connectivity index (χ2v) is 3.10. The summed E-state index contributed by atoms with van der Waals surface area (Å²) < 4.78 is 23.1. The van der Waals surface area contributed by atoms with Crippen molar-refractivity contribution in [3.63, 3.8) is 0 Å². The van der Waals surface area contributed by atoms with Gasteiger partial charge >= 0.3 is 0 Å². The van der Waals surface area contributed by atoms with Crippen molar-refractivity contribution in [3.05, 3.63) is 35.9 Å². The van der Waals surface area contributed by atoms with Gasteiger partial charge in [-0.15, -0.1) is 0 Å². The molecule has 1 aromatic carbocycles. The molecule has 0 aliphatic carbocycles. The highest BCUT2D eigenvalue weighted by Crippen LogP contribution is 2.09. The van der Waals surface area contributed by atoms with Crippen LogP contribution in [0.5, 0.6) is 0 Å². The van der Waals surface area contributed by atoms with Crippen LogP contribution in [-0.4, -0.2) is 6.43 Å². The zero-order valence-electron chi connectivity index (χ0n) is 6.84. The molecule has 0 amide bonds. The van der Waals surface area contributed by atoms with Gasteiger partial charge < -0.3 is 0 Å². The van der Waals surface area contributed by atoms with Crippen LogP contribution in [0.15, 0.2) is 30.3 Å². The van der Waals surface area contributed by atoms with Crippen molar-refractivity contribution in [2.24, 2.45) is 0 Å². The molecule has 0 heterocycles. The zero-order chi connectivity index (χ0) is 9.52. The molecule has 0 aliphatic heterocycles. The largest absolute Gasteiger partial charge is 0.299 e. The fourth-order valence-corrected chi connectivity index (χ4v) is 1.38. The van der Waals surface area contributed by atoms with E-state index in [-0.39, 0.29) is 0 Å². The highest BCUT2D eigenvalue weighted by Gasteiger charge is 1.92. The quantitative estimate of drug-likeness (QED) is 0.658. The monoisotopic (exact) mass is 198 g/mol. The Morgan fingerprint density at radius 1 is 1.23 bits per heavy atom. The first-order valence-corrected chi connectivity index (χ1v) is 4.72. The Labute approximate surface area is 80.3 Å². The number of hydrogen-bond donors (Lipinski definition) is 0. The summed E-state index contributed by atoms with van der Waals surface area (Å²) >= 11 is 1.19. The number of benzene rings is 1. The summed E-state index contributed by atoms with van der Waals surface area (Å²) in [6, 6.07) is 9.62. The van der Waals surface area contributed by atoms with E-state index in [9.17, 15) is 8.78 Å². The predicted molar refractivity (Wildman–Crippen MR) is 51.5 cm³/mol. The van der Waals surface area contributed by atoms with E-state index in [4.69, 9.17) is 0 Å². The molecule has 3 heteroatoms. The van der Waals surface area contributed by atoms with Gasteiger partial charge in [0.05, 0.1) is 0 Å². The smallest absolute Gasteiger partial charge is 0.196 e. The van der Waals surface area contributed by atoms with Crippen LogP contribution in [0.3, 0.4) is 0 Å². The SMILES string of the molecule is FC(F)C#CSCc1ccccc1. The molecule has 0 atom stereocenters. The summed E-state index contributed by atoms with van der Waals surface area (Å²) in [5.74, 6) is 2.45. The second-order valence-electron chi connectivity index (χ2n) is 2.32. The Morgan fingerprint density at radius 3 is 2.54 bits per heavy atom. The van der Waals surface area contributed by atoms with E-state index in [1.54, 1.807) is 5.92 Å². The number of rotatable bonds is 2. The van der Waals surface area contributed by atoms with Crippen LogP contribution in [-0.2, 0) is 5.75 Å². The Hall–Kier alpha value is -1.01. The van der Waals surface area contributed by atoms with E-state index in [2.05, 4.69) is 5.25 Å². The van der Waals surface area contributed by atoms with Crippen molar-refractivity contribution in [2.45, 2.75) is 12.2 Å². The zero-order valence-corrected chi connectivity index (χ0v) is 7.65. The van der Waals surface area contributed by atoms with Gasteiger partial charge in [-0.3, -0.25) is 0 Å². The highest BCUT2D eigenvalue weighted by atomic mass is 32.2. The van der Waals surface area contributed by atoms with Crippen LogP contribution in [0, 0.1) is 11.2 Å². The van der Waals surface area contributed by atoms with Crippen molar-refractivity contribution in [2.75, 3.05) is 0 Å². The standard InChI is InChI=1S/C10H8F2S/c11-10(12)6-7-13-8-9-4-2-1-3-5-9/h1-5,10H,8H2. The maximum Gasteiger partial charge on any atom is 0.299 e. The molecule has 1 rings (SSSR count). The van der Waals surface area contributed by atoms with Gasteiger partial charge in [0.2, 0.25) is 0 Å². The summed E-state index contributed by atoms with van der Waals surface area (Å²) in [6.45, 7) is 0. The van der Waals surface area contributed by atoms with Crippen molar-refractivity contribution < 1.29 is 8.78 Å². The third-order valence-corrected chi connectivity index (χ3v) is 2.06. The fraction of sp³-hybridized carbons (Fsp3) is 0.200. The number of hydrogen-bond acceptors (Lipinski definition) is 1. The predicted octanol–water partition coefficient (Wildman–Crippen LogP) is 3.15. The van der Waals surface area contributed by atoms with Gasteiger partial charge in [-0.25, -0.2) is 0 Å². The van der Waals surface area contributed by atoms with Crippen molar-refractivity contribution in [1.29, 1.82) is 0 Å². The molecule has 0 saturated heterocycles. The van der Waals surface area contributed by atoms with Gasteiger partial charge in [0, 0.05) is 5.75 Å². The Balaban J connectivity index is 2.33. The lowest BCUT2D eigenvalue weighted by molar-refractivity contribution is 0.215. The molecule has 0 spiro atoms. The number of thioether (sulfide) groups is 1. The van der Waals surface area contributed by atoms with Crippen molar-refractivity contribution in [1.82, 2.24) is 0 Å². The van der Waals surface area contributed by atoms with E-state index >= 15 is 0 Å². The lowest BCUT2D eigenvalue weighted by Crippen LogP contribution is -1.80. The van der Waals surface area contributed by atoms with E-state index in [0.717, 1.165) is 5.56 Å². The maximum atomic E-state index is 11.6. The number of halogens is 2. The third-order valence-electron chi connectivity index (χ3n) is 1.32. The van der Waals surface area contributed by atoms with Gasteiger partial charge in [-0.2, -0.15) is 8.78 Å². The fourth-order valence-electron chi connectivity index (χ4n) is 0.780. The number of alkyl halides is 2. The first kappa shape index (κ1) is 10.1. The minimum atomic E-state index is -2.52. The summed E-state index contributed by atoms with van der Waals surface area (Å²) in [4.78, 5) is 0. The molecule has 13 heavy (non-hydrogen) atoms. The minimum absolute atomic E-state index is 0.653. The molecule has 0 aromatic heterocycles. The second kappa shape index (κ2) is 5.60. The molecule has 1 aromatic rings. The molecule has 0 bridgehead atoms. The van der Waals surface area contributed by atoms with Crippen LogP contribution >= 0.6 is 11.8 Å². The summed E-state index contributed by atoms with van der Waals surface area (Å²) in [7, 11) is 0. The highest BCUT2D eigenvalue weighted by molar-refractivity contribution is 8.03. The van der Waals surface area contributed by atoms with E-state index in [1.807, 2.05) is 30.3 Å². The molecule has 0 saturated carbocycles. The van der Waals surface area contributed by atoms with Crippen molar-refractivity contribution in [3.8, 4) is 11.2 Å². The normalized spacial score (nSPS) is 9.46. The maximum absolute atomic E-state index is 11.6. The van der Waals surface area contributed by atoms with Crippen LogP contribution in [0.1, 0.15) is 5.56 Å².